The lowest BCUT2D eigenvalue weighted by Gasteiger charge is -2.46. The molecule has 20 heavy (non-hydrogen) atoms. The lowest BCUT2D eigenvalue weighted by Crippen LogP contribution is -2.67. The van der Waals surface area contributed by atoms with Crippen LogP contribution >= 0.6 is 0 Å². The molecule has 2 rings (SSSR count). The molecule has 0 atom stereocenters. The monoisotopic (exact) mass is 282 g/mol. The third-order valence-corrected chi connectivity index (χ3v) is 4.33. The molecule has 0 aromatic heterocycles. The number of hydrogen-bond acceptors (Lipinski definition) is 4. The smallest absolute Gasteiger partial charge is 0.330 e. The van der Waals surface area contributed by atoms with Crippen molar-refractivity contribution in [1.29, 1.82) is 0 Å². The highest BCUT2D eigenvalue weighted by molar-refractivity contribution is 6.19. The van der Waals surface area contributed by atoms with Gasteiger partial charge in [-0.05, 0) is 24.7 Å². The molecule has 0 radical (unpaired) electrons. The number of urea groups is 1. The minimum atomic E-state index is -0.981. The molecule has 1 heterocycles. The van der Waals surface area contributed by atoms with Crippen molar-refractivity contribution in [3.8, 4) is 0 Å². The fourth-order valence-corrected chi connectivity index (χ4v) is 2.73. The molecular formula is C14H22N2O4. The number of methoxy groups -OCH3 is 1. The van der Waals surface area contributed by atoms with Gasteiger partial charge in [0.25, 0.3) is 0 Å². The van der Waals surface area contributed by atoms with Crippen molar-refractivity contribution in [3.63, 3.8) is 0 Å². The number of carbonyl (C=O) groups is 3. The number of rotatable bonds is 5. The van der Waals surface area contributed by atoms with Crippen molar-refractivity contribution in [1.82, 2.24) is 10.2 Å². The van der Waals surface area contributed by atoms with Gasteiger partial charge in [-0.15, -0.1) is 0 Å². The highest BCUT2D eigenvalue weighted by Crippen LogP contribution is 2.44. The summed E-state index contributed by atoms with van der Waals surface area (Å²) in [4.78, 5) is 37.6. The molecule has 6 nitrogen and oxygen atoms in total. The van der Waals surface area contributed by atoms with Gasteiger partial charge in [-0.3, -0.25) is 19.8 Å². The zero-order chi connectivity index (χ0) is 15.0. The highest BCUT2D eigenvalue weighted by Gasteiger charge is 2.57. The Kier molecular flexibility index (Phi) is 3.86. The van der Waals surface area contributed by atoms with Crippen molar-refractivity contribution < 1.29 is 19.1 Å². The Hall–Kier alpha value is -1.43. The normalized spacial score (nSPS) is 21.9. The first-order valence-corrected chi connectivity index (χ1v) is 6.99. The number of carbonyl (C=O) groups excluding carboxylic acids is 3. The van der Waals surface area contributed by atoms with Gasteiger partial charge in [-0.25, -0.2) is 4.79 Å². The Morgan fingerprint density at radius 1 is 1.30 bits per heavy atom. The van der Waals surface area contributed by atoms with E-state index in [1.165, 1.54) is 4.90 Å². The van der Waals surface area contributed by atoms with Crippen LogP contribution in [0.25, 0.3) is 0 Å². The molecule has 1 N–H and O–H groups in total. The van der Waals surface area contributed by atoms with E-state index in [0.717, 1.165) is 12.8 Å². The molecule has 1 aliphatic carbocycles. The van der Waals surface area contributed by atoms with Gasteiger partial charge in [0.2, 0.25) is 11.8 Å². The third kappa shape index (κ3) is 2.44. The fourth-order valence-electron chi connectivity index (χ4n) is 2.73. The SMILES string of the molecule is COCCC(C)(C)CN1C(=O)NC(=O)C2(CCC2)C1=O. The van der Waals surface area contributed by atoms with Gasteiger partial charge in [0.1, 0.15) is 5.41 Å². The molecule has 2 aliphatic rings. The second-order valence-corrected chi connectivity index (χ2v) is 6.49. The molecule has 2 fully saturated rings. The van der Waals surface area contributed by atoms with Crippen LogP contribution in [0.1, 0.15) is 39.5 Å². The Bertz CT molecular complexity index is 440. The first kappa shape index (κ1) is 15.0. The summed E-state index contributed by atoms with van der Waals surface area (Å²) in [6.45, 7) is 4.84. The van der Waals surface area contributed by atoms with Gasteiger partial charge in [0.05, 0.1) is 0 Å². The Balaban J connectivity index is 2.12. The zero-order valence-corrected chi connectivity index (χ0v) is 12.3. The van der Waals surface area contributed by atoms with Gasteiger partial charge < -0.3 is 4.74 Å². The first-order chi connectivity index (χ1) is 9.32. The number of barbiturate groups is 1. The molecule has 1 saturated carbocycles. The van der Waals surface area contributed by atoms with Crippen LogP contribution in [0.5, 0.6) is 0 Å². The van der Waals surface area contributed by atoms with Crippen molar-refractivity contribution in [2.45, 2.75) is 39.5 Å². The summed E-state index contributed by atoms with van der Waals surface area (Å²) in [7, 11) is 1.62. The molecule has 0 aromatic rings. The summed E-state index contributed by atoms with van der Waals surface area (Å²) in [6.07, 6.45) is 2.68. The van der Waals surface area contributed by atoms with Crippen molar-refractivity contribution >= 4 is 17.8 Å². The van der Waals surface area contributed by atoms with E-state index in [9.17, 15) is 14.4 Å². The van der Waals surface area contributed by atoms with Crippen LogP contribution in [0.15, 0.2) is 0 Å². The van der Waals surface area contributed by atoms with E-state index in [1.807, 2.05) is 13.8 Å². The standard InChI is InChI=1S/C14H22N2O4/c1-13(2,7-8-20-3)9-16-11(18)14(5-4-6-14)10(17)15-12(16)19/h4-9H2,1-3H3,(H,15,17,19). The average Bonchev–Trinajstić information content (AvgIpc) is 2.30. The molecule has 0 unspecified atom stereocenters. The van der Waals surface area contributed by atoms with Crippen molar-refractivity contribution in [2.24, 2.45) is 10.8 Å². The third-order valence-electron chi connectivity index (χ3n) is 4.33. The van der Waals surface area contributed by atoms with E-state index in [-0.39, 0.29) is 11.3 Å². The molecular weight excluding hydrogens is 260 g/mol. The zero-order valence-electron chi connectivity index (χ0n) is 12.3. The number of hydrogen-bond donors (Lipinski definition) is 1. The molecule has 0 bridgehead atoms. The fraction of sp³-hybridized carbons (Fsp3) is 0.786. The lowest BCUT2D eigenvalue weighted by molar-refractivity contribution is -0.158. The minimum Gasteiger partial charge on any atom is -0.385 e. The maximum Gasteiger partial charge on any atom is 0.330 e. The van der Waals surface area contributed by atoms with Crippen LogP contribution < -0.4 is 5.32 Å². The van der Waals surface area contributed by atoms with Crippen LogP contribution in [0.3, 0.4) is 0 Å². The maximum absolute atomic E-state index is 12.5. The van der Waals surface area contributed by atoms with E-state index in [4.69, 9.17) is 4.74 Å². The van der Waals surface area contributed by atoms with E-state index in [2.05, 4.69) is 5.32 Å². The van der Waals surface area contributed by atoms with E-state index < -0.39 is 17.4 Å². The van der Waals surface area contributed by atoms with Crippen LogP contribution in [0.4, 0.5) is 4.79 Å². The quantitative estimate of drug-likeness (QED) is 0.771. The Morgan fingerprint density at radius 2 is 1.95 bits per heavy atom. The van der Waals surface area contributed by atoms with Crippen molar-refractivity contribution in [3.05, 3.63) is 0 Å². The first-order valence-electron chi connectivity index (χ1n) is 6.99. The summed E-state index contributed by atoms with van der Waals surface area (Å²) < 4.78 is 5.05. The van der Waals surface area contributed by atoms with Gasteiger partial charge in [0, 0.05) is 20.3 Å². The number of amides is 4. The molecule has 0 aromatic carbocycles. The summed E-state index contributed by atoms with van der Waals surface area (Å²) in [5, 5.41) is 2.33. The van der Waals surface area contributed by atoms with Crippen LogP contribution in [-0.4, -0.2) is 43.0 Å². The van der Waals surface area contributed by atoms with Crippen LogP contribution in [-0.2, 0) is 14.3 Å². The number of nitrogens with zero attached hydrogens (tertiary/aromatic N) is 1. The van der Waals surface area contributed by atoms with E-state index in [1.54, 1.807) is 7.11 Å². The molecule has 1 saturated heterocycles. The predicted molar refractivity (Wildman–Crippen MR) is 71.8 cm³/mol. The number of imide groups is 2. The molecule has 1 aliphatic heterocycles. The molecule has 4 amide bonds. The summed E-state index contributed by atoms with van der Waals surface area (Å²) >= 11 is 0. The lowest BCUT2D eigenvalue weighted by atomic mass is 9.66. The van der Waals surface area contributed by atoms with Gasteiger partial charge >= 0.3 is 6.03 Å². The highest BCUT2D eigenvalue weighted by atomic mass is 16.5. The van der Waals surface area contributed by atoms with Crippen LogP contribution in [0, 0.1) is 10.8 Å². The molecule has 6 heteroatoms. The predicted octanol–water partition coefficient (Wildman–Crippen LogP) is 1.30. The molecule has 112 valence electrons. The average molecular weight is 282 g/mol. The van der Waals surface area contributed by atoms with Gasteiger partial charge in [-0.2, -0.15) is 0 Å². The summed E-state index contributed by atoms with van der Waals surface area (Å²) in [6, 6.07) is -0.594. The van der Waals surface area contributed by atoms with E-state index >= 15 is 0 Å². The second-order valence-electron chi connectivity index (χ2n) is 6.49. The topological polar surface area (TPSA) is 75.7 Å². The number of nitrogens with one attached hydrogen (secondary N) is 1. The van der Waals surface area contributed by atoms with Crippen molar-refractivity contribution in [2.75, 3.05) is 20.3 Å². The minimum absolute atomic E-state index is 0.242. The largest absolute Gasteiger partial charge is 0.385 e. The summed E-state index contributed by atoms with van der Waals surface area (Å²) in [5.74, 6) is -0.757. The number of ether oxygens (including phenoxy) is 1. The Morgan fingerprint density at radius 3 is 2.45 bits per heavy atom. The van der Waals surface area contributed by atoms with Gasteiger partial charge in [0.15, 0.2) is 0 Å². The maximum atomic E-state index is 12.5. The summed E-state index contributed by atoms with van der Waals surface area (Å²) in [5.41, 5.74) is -1.22. The van der Waals surface area contributed by atoms with E-state index in [0.29, 0.717) is 26.0 Å². The van der Waals surface area contributed by atoms with Gasteiger partial charge in [-0.1, -0.05) is 20.3 Å². The van der Waals surface area contributed by atoms with Crippen LogP contribution in [0.2, 0.25) is 0 Å². The Labute approximate surface area is 118 Å². The molecule has 1 spiro atoms. The second kappa shape index (κ2) is 5.16.